The first kappa shape index (κ1) is 15.9. The lowest BCUT2D eigenvalue weighted by molar-refractivity contribution is -0.385. The van der Waals surface area contributed by atoms with Crippen molar-refractivity contribution in [3.05, 3.63) is 34.4 Å². The van der Waals surface area contributed by atoms with E-state index in [-0.39, 0.29) is 18.1 Å². The van der Waals surface area contributed by atoms with Crippen molar-refractivity contribution in [2.24, 2.45) is 5.14 Å². The van der Waals surface area contributed by atoms with Gasteiger partial charge in [-0.1, -0.05) is 12.2 Å². The van der Waals surface area contributed by atoms with E-state index >= 15 is 0 Å². The Morgan fingerprint density at radius 2 is 2.10 bits per heavy atom. The first-order chi connectivity index (χ1) is 9.31. The molecule has 1 rings (SSSR count). The minimum absolute atomic E-state index is 0.0659. The molecule has 0 radical (unpaired) electrons. The van der Waals surface area contributed by atoms with Gasteiger partial charge in [-0.25, -0.2) is 13.6 Å². The van der Waals surface area contributed by atoms with E-state index in [4.69, 9.17) is 14.6 Å². The van der Waals surface area contributed by atoms with Gasteiger partial charge in [0.15, 0.2) is 11.5 Å². The van der Waals surface area contributed by atoms with Gasteiger partial charge in [-0.2, -0.15) is 0 Å². The van der Waals surface area contributed by atoms with Crippen molar-refractivity contribution in [3.63, 3.8) is 0 Å². The van der Waals surface area contributed by atoms with Gasteiger partial charge < -0.3 is 9.47 Å². The van der Waals surface area contributed by atoms with Crippen LogP contribution in [-0.4, -0.2) is 27.1 Å². The summed E-state index contributed by atoms with van der Waals surface area (Å²) < 4.78 is 33.1. The maximum absolute atomic E-state index is 11.5. The Morgan fingerprint density at radius 3 is 2.55 bits per heavy atom. The molecule has 0 aromatic heterocycles. The lowest BCUT2D eigenvalue weighted by Gasteiger charge is -2.12. The number of nitrogens with two attached hydrogens (primary N) is 1. The predicted molar refractivity (Wildman–Crippen MR) is 71.3 cm³/mol. The van der Waals surface area contributed by atoms with Crippen LogP contribution in [0.5, 0.6) is 11.5 Å². The maximum atomic E-state index is 11.5. The highest BCUT2D eigenvalue weighted by Gasteiger charge is 2.24. The molecular formula is C11H14N2O6S. The van der Waals surface area contributed by atoms with E-state index in [0.717, 1.165) is 12.1 Å². The molecule has 0 atom stereocenters. The van der Waals surface area contributed by atoms with Crippen molar-refractivity contribution in [2.75, 3.05) is 13.7 Å². The molecule has 0 bridgehead atoms. The van der Waals surface area contributed by atoms with E-state index < -0.39 is 25.5 Å². The number of non-ortho nitro benzene ring substituents is 1. The summed E-state index contributed by atoms with van der Waals surface area (Å²) in [5.41, 5.74) is -0.453. The number of ether oxygens (including phenoxy) is 2. The average molecular weight is 302 g/mol. The van der Waals surface area contributed by atoms with Crippen LogP contribution in [0.25, 0.3) is 0 Å². The van der Waals surface area contributed by atoms with Crippen LogP contribution < -0.4 is 14.6 Å². The predicted octanol–water partition coefficient (Wildman–Crippen LogP) is 1.21. The van der Waals surface area contributed by atoms with Crippen LogP contribution in [0.1, 0.15) is 6.92 Å². The standard InChI is InChI=1S/C11H14N2O6S/c1-3-4-5-19-9-6-8(13(14)15)7-10(11(9)18-2)20(12,16)17/h3-4,6-7H,5H2,1-2H3,(H2,12,16,17)/b4-3+. The first-order valence-corrected chi connectivity index (χ1v) is 6.99. The fraction of sp³-hybridized carbons (Fsp3) is 0.273. The largest absolute Gasteiger partial charge is 0.492 e. The number of sulfonamides is 1. The summed E-state index contributed by atoms with van der Waals surface area (Å²) in [6.07, 6.45) is 3.36. The van der Waals surface area contributed by atoms with Gasteiger partial charge in [0.2, 0.25) is 10.0 Å². The first-order valence-electron chi connectivity index (χ1n) is 5.44. The molecular weight excluding hydrogens is 288 g/mol. The molecule has 0 spiro atoms. The second-order valence-corrected chi connectivity index (χ2v) is 5.19. The fourth-order valence-electron chi connectivity index (χ4n) is 1.42. The minimum atomic E-state index is -4.18. The lowest BCUT2D eigenvalue weighted by atomic mass is 10.3. The smallest absolute Gasteiger partial charge is 0.274 e. The van der Waals surface area contributed by atoms with Gasteiger partial charge in [0.05, 0.1) is 18.1 Å². The number of primary sulfonamides is 1. The number of nitro benzene ring substituents is 1. The highest BCUT2D eigenvalue weighted by atomic mass is 32.2. The summed E-state index contributed by atoms with van der Waals surface area (Å²) in [6, 6.07) is 1.91. The van der Waals surface area contributed by atoms with Gasteiger partial charge in [0.25, 0.3) is 5.69 Å². The van der Waals surface area contributed by atoms with E-state index in [1.54, 1.807) is 19.1 Å². The molecule has 9 heteroatoms. The number of allylic oxidation sites excluding steroid dienone is 1. The molecule has 0 aliphatic rings. The number of methoxy groups -OCH3 is 1. The van der Waals surface area contributed by atoms with E-state index in [1.165, 1.54) is 7.11 Å². The van der Waals surface area contributed by atoms with E-state index in [1.807, 2.05) is 0 Å². The molecule has 1 aromatic carbocycles. The van der Waals surface area contributed by atoms with Gasteiger partial charge in [0, 0.05) is 6.07 Å². The van der Waals surface area contributed by atoms with Crippen molar-refractivity contribution < 1.29 is 22.8 Å². The average Bonchev–Trinajstić information content (AvgIpc) is 2.36. The third-order valence-corrected chi connectivity index (χ3v) is 3.21. The molecule has 0 aliphatic carbocycles. The molecule has 8 nitrogen and oxygen atoms in total. The van der Waals surface area contributed by atoms with Crippen LogP contribution >= 0.6 is 0 Å². The monoisotopic (exact) mass is 302 g/mol. The van der Waals surface area contributed by atoms with Crippen molar-refractivity contribution in [3.8, 4) is 11.5 Å². The topological polar surface area (TPSA) is 122 Å². The van der Waals surface area contributed by atoms with Gasteiger partial charge in [-0.3, -0.25) is 10.1 Å². The summed E-state index contributed by atoms with van der Waals surface area (Å²) in [5, 5.41) is 15.8. The zero-order valence-electron chi connectivity index (χ0n) is 10.9. The van der Waals surface area contributed by atoms with Crippen molar-refractivity contribution >= 4 is 15.7 Å². The molecule has 2 N–H and O–H groups in total. The van der Waals surface area contributed by atoms with Crippen molar-refractivity contribution in [1.82, 2.24) is 0 Å². The third-order valence-electron chi connectivity index (χ3n) is 2.30. The van der Waals surface area contributed by atoms with E-state index in [9.17, 15) is 18.5 Å². The molecule has 0 saturated heterocycles. The van der Waals surface area contributed by atoms with E-state index in [0.29, 0.717) is 0 Å². The Kier molecular flexibility index (Phi) is 5.06. The Hall–Kier alpha value is -2.13. The molecule has 0 fully saturated rings. The molecule has 0 saturated carbocycles. The van der Waals surface area contributed by atoms with Crippen LogP contribution in [0.4, 0.5) is 5.69 Å². The molecule has 0 unspecified atom stereocenters. The number of benzene rings is 1. The van der Waals surface area contributed by atoms with Crippen LogP contribution in [-0.2, 0) is 10.0 Å². The number of hydrogen-bond acceptors (Lipinski definition) is 6. The lowest BCUT2D eigenvalue weighted by Crippen LogP contribution is -2.14. The van der Waals surface area contributed by atoms with Gasteiger partial charge in [-0.05, 0) is 6.92 Å². The number of nitrogens with zero attached hydrogens (tertiary/aromatic N) is 1. The highest BCUT2D eigenvalue weighted by molar-refractivity contribution is 7.89. The summed E-state index contributed by atoms with van der Waals surface area (Å²) in [6.45, 7) is 1.88. The Balaban J connectivity index is 3.46. The van der Waals surface area contributed by atoms with E-state index in [2.05, 4.69) is 0 Å². The molecule has 0 amide bonds. The minimum Gasteiger partial charge on any atom is -0.492 e. The second-order valence-electron chi connectivity index (χ2n) is 3.66. The van der Waals surface area contributed by atoms with Crippen molar-refractivity contribution in [2.45, 2.75) is 11.8 Å². The van der Waals surface area contributed by atoms with Crippen molar-refractivity contribution in [1.29, 1.82) is 0 Å². The van der Waals surface area contributed by atoms with Crippen LogP contribution in [0.3, 0.4) is 0 Å². The van der Waals surface area contributed by atoms with Gasteiger partial charge >= 0.3 is 0 Å². The van der Waals surface area contributed by atoms with Gasteiger partial charge in [0.1, 0.15) is 11.5 Å². The summed E-state index contributed by atoms with van der Waals surface area (Å²) >= 11 is 0. The Morgan fingerprint density at radius 1 is 1.45 bits per heavy atom. The highest BCUT2D eigenvalue weighted by Crippen LogP contribution is 2.37. The summed E-state index contributed by atoms with van der Waals surface area (Å²) in [7, 11) is -2.96. The fourth-order valence-corrected chi connectivity index (χ4v) is 2.15. The summed E-state index contributed by atoms with van der Waals surface area (Å²) in [5.74, 6) is -0.230. The Bertz CT molecular complexity index is 639. The normalized spacial score (nSPS) is 11.6. The van der Waals surface area contributed by atoms with Gasteiger partial charge in [-0.15, -0.1) is 0 Å². The third kappa shape index (κ3) is 3.68. The molecule has 20 heavy (non-hydrogen) atoms. The number of nitro groups is 1. The number of rotatable bonds is 6. The van der Waals surface area contributed by atoms with Crippen LogP contribution in [0, 0.1) is 10.1 Å². The number of hydrogen-bond donors (Lipinski definition) is 1. The molecule has 0 heterocycles. The zero-order valence-corrected chi connectivity index (χ0v) is 11.7. The summed E-state index contributed by atoms with van der Waals surface area (Å²) in [4.78, 5) is 9.59. The molecule has 110 valence electrons. The second kappa shape index (κ2) is 6.35. The SMILES string of the molecule is C/C=C/COc1cc([N+](=O)[O-])cc(S(N)(=O)=O)c1OC. The van der Waals surface area contributed by atoms with Crippen LogP contribution in [0.15, 0.2) is 29.2 Å². The Labute approximate surface area is 116 Å². The molecule has 1 aromatic rings. The quantitative estimate of drug-likeness (QED) is 0.478. The molecule has 0 aliphatic heterocycles. The maximum Gasteiger partial charge on any atom is 0.274 e. The van der Waals surface area contributed by atoms with Crippen LogP contribution in [0.2, 0.25) is 0 Å². The zero-order chi connectivity index (χ0) is 15.3.